The third-order valence-corrected chi connectivity index (χ3v) is 13.9. The lowest BCUT2D eigenvalue weighted by molar-refractivity contribution is 0.0963. The zero-order valence-electron chi connectivity index (χ0n) is 18.0. The summed E-state index contributed by atoms with van der Waals surface area (Å²) in [5.41, 5.74) is 0.538. The van der Waals surface area contributed by atoms with E-state index in [1.54, 1.807) is 24.3 Å². The molecule has 0 saturated carbocycles. The van der Waals surface area contributed by atoms with Crippen molar-refractivity contribution in [2.75, 3.05) is 0 Å². The summed E-state index contributed by atoms with van der Waals surface area (Å²) in [5.74, 6) is 0.189. The molecule has 0 amide bonds. The first-order valence-corrected chi connectivity index (χ1v) is 13.8. The van der Waals surface area contributed by atoms with Crippen LogP contribution in [0.4, 0.5) is 0 Å². The Labute approximate surface area is 166 Å². The summed E-state index contributed by atoms with van der Waals surface area (Å²) in [6, 6.07) is 8.57. The third kappa shape index (κ3) is 4.34. The van der Waals surface area contributed by atoms with E-state index in [1.807, 2.05) is 6.07 Å². The van der Waals surface area contributed by atoms with Gasteiger partial charge in [0.2, 0.25) is 18.2 Å². The van der Waals surface area contributed by atoms with Gasteiger partial charge in [-0.2, -0.15) is 0 Å². The van der Waals surface area contributed by atoms with Crippen LogP contribution >= 0.6 is 0 Å². The molecule has 0 aromatic heterocycles. The molecule has 0 N–H and O–H groups in total. The molecule has 1 heterocycles. The van der Waals surface area contributed by atoms with Crippen LogP contribution < -0.4 is 0 Å². The maximum atomic E-state index is 12.9. The van der Waals surface area contributed by atoms with E-state index in [0.29, 0.717) is 21.5 Å². The number of benzene rings is 1. The minimum Gasteiger partial charge on any atom is -0.410 e. The van der Waals surface area contributed by atoms with Gasteiger partial charge in [0.15, 0.2) is 5.44 Å². The molecule has 0 aliphatic carbocycles. The Morgan fingerprint density at radius 2 is 1.37 bits per heavy atom. The van der Waals surface area contributed by atoms with Crippen molar-refractivity contribution in [1.82, 2.24) is 0 Å². The van der Waals surface area contributed by atoms with Gasteiger partial charge >= 0.3 is 0 Å². The third-order valence-electron chi connectivity index (χ3n) is 5.89. The highest BCUT2D eigenvalue weighted by molar-refractivity contribution is 7.92. The van der Waals surface area contributed by atoms with Crippen molar-refractivity contribution in [2.24, 2.45) is 5.92 Å². The average Bonchev–Trinajstić information content (AvgIpc) is 3.36. The Morgan fingerprint density at radius 1 is 0.889 bits per heavy atom. The second-order valence-electron chi connectivity index (χ2n) is 8.97. The number of rotatable bonds is 9. The Hall–Kier alpha value is -0.693. The molecule has 1 aromatic rings. The van der Waals surface area contributed by atoms with E-state index in [-0.39, 0.29) is 12.0 Å². The lowest BCUT2D eigenvalue weighted by Crippen LogP contribution is -2.52. The van der Waals surface area contributed by atoms with Crippen LogP contribution in [-0.4, -0.2) is 34.4 Å². The summed E-state index contributed by atoms with van der Waals surface area (Å²) < 4.78 is 38.5. The van der Waals surface area contributed by atoms with E-state index < -0.39 is 29.7 Å². The van der Waals surface area contributed by atoms with Crippen molar-refractivity contribution in [2.45, 2.75) is 94.6 Å². The van der Waals surface area contributed by atoms with Crippen molar-refractivity contribution >= 4 is 18.2 Å². The molecule has 2 rings (SSSR count). The largest absolute Gasteiger partial charge is 0.410 e. The van der Waals surface area contributed by atoms with Crippen LogP contribution in [0.2, 0.25) is 16.6 Å². The van der Waals surface area contributed by atoms with Crippen LogP contribution in [0.25, 0.3) is 0 Å². The van der Waals surface area contributed by atoms with Gasteiger partial charge in [-0.3, -0.25) is 0 Å². The van der Waals surface area contributed by atoms with Gasteiger partial charge in [0, 0.05) is 0 Å². The maximum absolute atomic E-state index is 12.9. The molecule has 4 nitrogen and oxygen atoms in total. The molecule has 1 aromatic carbocycles. The number of hydrogen-bond acceptors (Lipinski definition) is 4. The highest BCUT2D eigenvalue weighted by Gasteiger charge is 2.58. The minimum absolute atomic E-state index is 0.189. The Morgan fingerprint density at radius 3 is 1.78 bits per heavy atom. The molecule has 6 heteroatoms. The Kier molecular flexibility index (Phi) is 6.99. The fourth-order valence-corrected chi connectivity index (χ4v) is 11.8. The SMILES string of the molecule is CC(C)C(O[Si](C(C)C)(C(C)C)C(C)C)[C@@H]1O[C@H]1S(=O)(=O)c1ccccc1. The van der Waals surface area contributed by atoms with Gasteiger partial charge in [-0.1, -0.05) is 73.6 Å². The molecule has 3 atom stereocenters. The van der Waals surface area contributed by atoms with Crippen molar-refractivity contribution in [3.8, 4) is 0 Å². The van der Waals surface area contributed by atoms with Gasteiger partial charge in [-0.05, 0) is 34.7 Å². The minimum atomic E-state index is -3.50. The van der Waals surface area contributed by atoms with Crippen LogP contribution in [0, 0.1) is 5.92 Å². The van der Waals surface area contributed by atoms with Crippen LogP contribution in [-0.2, 0) is 19.0 Å². The summed E-state index contributed by atoms with van der Waals surface area (Å²) in [5, 5.41) is 0. The molecule has 0 radical (unpaired) electrons. The topological polar surface area (TPSA) is 55.9 Å². The number of epoxide rings is 1. The van der Waals surface area contributed by atoms with E-state index in [9.17, 15) is 8.42 Å². The second-order valence-corrected chi connectivity index (χ2v) is 16.4. The van der Waals surface area contributed by atoms with Crippen molar-refractivity contribution in [3.63, 3.8) is 0 Å². The van der Waals surface area contributed by atoms with Gasteiger partial charge in [0.05, 0.1) is 11.0 Å². The molecule has 1 aliphatic rings. The van der Waals surface area contributed by atoms with E-state index >= 15 is 0 Å². The first-order chi connectivity index (χ1) is 12.5. The van der Waals surface area contributed by atoms with Crippen molar-refractivity contribution in [3.05, 3.63) is 30.3 Å². The average molecular weight is 413 g/mol. The van der Waals surface area contributed by atoms with E-state index in [1.165, 1.54) is 0 Å². The van der Waals surface area contributed by atoms with Crippen molar-refractivity contribution in [1.29, 1.82) is 0 Å². The lowest BCUT2D eigenvalue weighted by atomic mass is 10.1. The molecular weight excluding hydrogens is 376 g/mol. The van der Waals surface area contributed by atoms with E-state index in [2.05, 4.69) is 55.4 Å². The smallest absolute Gasteiger partial charge is 0.207 e. The number of hydrogen-bond donors (Lipinski definition) is 0. The molecule has 27 heavy (non-hydrogen) atoms. The van der Waals surface area contributed by atoms with Gasteiger partial charge in [0.1, 0.15) is 6.10 Å². The first-order valence-electron chi connectivity index (χ1n) is 10.1. The monoisotopic (exact) mass is 412 g/mol. The van der Waals surface area contributed by atoms with E-state index in [0.717, 1.165) is 0 Å². The lowest BCUT2D eigenvalue weighted by Gasteiger charge is -2.45. The Bertz CT molecular complexity index is 691. The molecule has 1 unspecified atom stereocenters. The normalized spacial score (nSPS) is 22.1. The summed E-state index contributed by atoms with van der Waals surface area (Å²) >= 11 is 0. The second kappa shape index (κ2) is 8.35. The molecule has 1 aliphatic heterocycles. The molecule has 1 saturated heterocycles. The quantitative estimate of drug-likeness (QED) is 0.402. The highest BCUT2D eigenvalue weighted by Crippen LogP contribution is 2.47. The van der Waals surface area contributed by atoms with Crippen LogP contribution in [0.5, 0.6) is 0 Å². The standard InChI is InChI=1S/C21H36O4SSi/c1-14(2)19(25-27(15(3)4,16(5)6)17(7)8)20-21(24-20)26(22,23)18-12-10-9-11-13-18/h9-17,19-21H,1-8H3/t19?,20-,21-/m0/s1. The zero-order valence-corrected chi connectivity index (χ0v) is 19.8. The predicted octanol–water partition coefficient (Wildman–Crippen LogP) is 5.40. The van der Waals surface area contributed by atoms with Gasteiger partial charge in [-0.25, -0.2) is 8.42 Å². The fraction of sp³-hybridized carbons (Fsp3) is 0.714. The maximum Gasteiger partial charge on any atom is 0.207 e. The Balaban J connectivity index is 2.30. The zero-order chi connectivity index (χ0) is 20.6. The fourth-order valence-electron chi connectivity index (χ4n) is 4.56. The molecule has 154 valence electrons. The molecule has 0 bridgehead atoms. The van der Waals surface area contributed by atoms with Gasteiger partial charge in [0.25, 0.3) is 0 Å². The van der Waals surface area contributed by atoms with Gasteiger partial charge < -0.3 is 9.16 Å². The van der Waals surface area contributed by atoms with Crippen LogP contribution in [0.15, 0.2) is 35.2 Å². The summed E-state index contributed by atoms with van der Waals surface area (Å²) in [7, 11) is -5.62. The molecule has 1 fully saturated rings. The molecular formula is C21H36O4SSi. The number of ether oxygens (including phenoxy) is 1. The number of sulfone groups is 1. The summed E-state index contributed by atoms with van der Waals surface area (Å²) in [4.78, 5) is 0.320. The summed E-state index contributed by atoms with van der Waals surface area (Å²) in [6.07, 6.45) is -0.592. The highest BCUT2D eigenvalue weighted by atomic mass is 32.2. The van der Waals surface area contributed by atoms with Crippen LogP contribution in [0.1, 0.15) is 55.4 Å². The summed E-state index contributed by atoms with van der Waals surface area (Å²) in [6.45, 7) is 17.7. The van der Waals surface area contributed by atoms with Crippen LogP contribution in [0.3, 0.4) is 0 Å². The van der Waals surface area contributed by atoms with E-state index in [4.69, 9.17) is 9.16 Å². The van der Waals surface area contributed by atoms with Crippen molar-refractivity contribution < 1.29 is 17.6 Å². The van der Waals surface area contributed by atoms with Gasteiger partial charge in [-0.15, -0.1) is 0 Å². The first kappa shape index (κ1) is 22.6. The predicted molar refractivity (Wildman–Crippen MR) is 113 cm³/mol. The molecule has 0 spiro atoms.